The van der Waals surface area contributed by atoms with Gasteiger partial charge < -0.3 is 10.1 Å². The summed E-state index contributed by atoms with van der Waals surface area (Å²) in [5.41, 5.74) is 0.241. The Morgan fingerprint density at radius 3 is 2.89 bits per heavy atom. The zero-order valence-corrected chi connectivity index (χ0v) is 11.4. The summed E-state index contributed by atoms with van der Waals surface area (Å²) < 4.78 is 4.62. The average molecular weight is 263 g/mol. The van der Waals surface area contributed by atoms with Crippen LogP contribution in [0.1, 0.15) is 49.0 Å². The molecule has 1 saturated carbocycles. The van der Waals surface area contributed by atoms with Crippen molar-refractivity contribution in [1.29, 1.82) is 0 Å². The lowest BCUT2D eigenvalue weighted by Crippen LogP contribution is -2.14. The van der Waals surface area contributed by atoms with Crippen molar-refractivity contribution in [2.45, 2.75) is 38.5 Å². The molecular formula is C14H21N3O2. The van der Waals surface area contributed by atoms with Crippen LogP contribution in [0.2, 0.25) is 0 Å². The van der Waals surface area contributed by atoms with Gasteiger partial charge >= 0.3 is 5.97 Å². The Morgan fingerprint density at radius 2 is 2.16 bits per heavy atom. The van der Waals surface area contributed by atoms with E-state index in [1.165, 1.54) is 45.4 Å². The highest BCUT2D eigenvalue weighted by molar-refractivity contribution is 5.87. The predicted octanol–water partition coefficient (Wildman–Crippen LogP) is 2.65. The maximum Gasteiger partial charge on any atom is 0.358 e. The van der Waals surface area contributed by atoms with Crippen molar-refractivity contribution in [3.8, 4) is 0 Å². The van der Waals surface area contributed by atoms with E-state index in [2.05, 4.69) is 20.0 Å². The zero-order valence-electron chi connectivity index (χ0n) is 11.4. The van der Waals surface area contributed by atoms with Crippen LogP contribution in [-0.2, 0) is 4.74 Å². The highest BCUT2D eigenvalue weighted by Crippen LogP contribution is 2.26. The molecule has 5 heteroatoms. The molecule has 5 nitrogen and oxygen atoms in total. The Kier molecular flexibility index (Phi) is 5.12. The number of rotatable bonds is 5. The molecule has 1 N–H and O–H groups in total. The molecule has 0 radical (unpaired) electrons. The molecule has 0 atom stereocenters. The van der Waals surface area contributed by atoms with Crippen molar-refractivity contribution in [3.05, 3.63) is 18.1 Å². The molecule has 1 fully saturated rings. The molecule has 0 spiro atoms. The summed E-state index contributed by atoms with van der Waals surface area (Å²) in [7, 11) is 1.34. The van der Waals surface area contributed by atoms with Crippen molar-refractivity contribution < 1.29 is 9.53 Å². The Hall–Kier alpha value is -1.65. The van der Waals surface area contributed by atoms with Crippen LogP contribution in [0.25, 0.3) is 0 Å². The fourth-order valence-electron chi connectivity index (χ4n) is 2.53. The van der Waals surface area contributed by atoms with E-state index in [0.717, 1.165) is 18.9 Å². The molecule has 0 amide bonds. The van der Waals surface area contributed by atoms with Gasteiger partial charge in [-0.3, -0.25) is 4.98 Å². The maximum absolute atomic E-state index is 11.3. The van der Waals surface area contributed by atoms with Crippen LogP contribution in [0.5, 0.6) is 0 Å². The first-order valence-electron chi connectivity index (χ1n) is 6.94. The molecule has 0 saturated heterocycles. The van der Waals surface area contributed by atoms with Crippen LogP contribution in [0.15, 0.2) is 12.4 Å². The molecule has 1 aliphatic rings. The molecule has 0 aromatic carbocycles. The maximum atomic E-state index is 11.3. The molecule has 1 heterocycles. The van der Waals surface area contributed by atoms with Crippen molar-refractivity contribution in [1.82, 2.24) is 9.97 Å². The largest absolute Gasteiger partial charge is 0.464 e. The number of carbonyl (C=O) groups excluding carboxylic acids is 1. The first kappa shape index (κ1) is 13.8. The second-order valence-corrected chi connectivity index (χ2v) is 5.00. The Bertz CT molecular complexity index is 417. The number of anilines is 1. The van der Waals surface area contributed by atoms with Crippen molar-refractivity contribution in [2.75, 3.05) is 19.0 Å². The molecule has 1 aromatic heterocycles. The van der Waals surface area contributed by atoms with Gasteiger partial charge in [-0.1, -0.05) is 32.1 Å². The highest BCUT2D eigenvalue weighted by Gasteiger charge is 2.13. The van der Waals surface area contributed by atoms with Gasteiger partial charge in [-0.05, 0) is 12.3 Å². The topological polar surface area (TPSA) is 64.1 Å². The van der Waals surface area contributed by atoms with Crippen molar-refractivity contribution >= 4 is 11.8 Å². The minimum Gasteiger partial charge on any atom is -0.464 e. The Labute approximate surface area is 113 Å². The molecule has 1 aliphatic carbocycles. The average Bonchev–Trinajstić information content (AvgIpc) is 2.48. The van der Waals surface area contributed by atoms with Crippen LogP contribution < -0.4 is 5.32 Å². The summed E-state index contributed by atoms with van der Waals surface area (Å²) in [4.78, 5) is 19.5. The van der Waals surface area contributed by atoms with Gasteiger partial charge in [-0.25, -0.2) is 9.78 Å². The van der Waals surface area contributed by atoms with E-state index in [4.69, 9.17) is 0 Å². The van der Waals surface area contributed by atoms with E-state index in [1.54, 1.807) is 6.20 Å². The van der Waals surface area contributed by atoms with Gasteiger partial charge in [0.05, 0.1) is 19.5 Å². The van der Waals surface area contributed by atoms with Crippen LogP contribution in [0, 0.1) is 5.92 Å². The van der Waals surface area contributed by atoms with Gasteiger partial charge in [0, 0.05) is 6.54 Å². The number of nitrogens with one attached hydrogen (secondary N) is 1. The lowest BCUT2D eigenvalue weighted by Gasteiger charge is -2.21. The van der Waals surface area contributed by atoms with Gasteiger partial charge in [-0.2, -0.15) is 0 Å². The number of aromatic nitrogens is 2. The molecule has 19 heavy (non-hydrogen) atoms. The summed E-state index contributed by atoms with van der Waals surface area (Å²) in [5, 5.41) is 3.23. The van der Waals surface area contributed by atoms with E-state index < -0.39 is 5.97 Å². The quantitative estimate of drug-likeness (QED) is 0.827. The third-order valence-corrected chi connectivity index (χ3v) is 3.61. The molecular weight excluding hydrogens is 242 g/mol. The molecule has 0 unspecified atom stereocenters. The lowest BCUT2D eigenvalue weighted by atomic mass is 9.87. The van der Waals surface area contributed by atoms with Gasteiger partial charge in [-0.15, -0.1) is 0 Å². The summed E-state index contributed by atoms with van der Waals surface area (Å²) in [6, 6.07) is 0. The summed E-state index contributed by atoms with van der Waals surface area (Å²) in [5.74, 6) is 1.01. The molecule has 1 aromatic rings. The third kappa shape index (κ3) is 4.19. The Balaban J connectivity index is 1.80. The van der Waals surface area contributed by atoms with Gasteiger partial charge in [0.25, 0.3) is 0 Å². The minimum absolute atomic E-state index is 0.241. The van der Waals surface area contributed by atoms with E-state index in [-0.39, 0.29) is 5.69 Å². The Morgan fingerprint density at radius 1 is 1.37 bits per heavy atom. The van der Waals surface area contributed by atoms with Gasteiger partial charge in [0.1, 0.15) is 5.82 Å². The van der Waals surface area contributed by atoms with Crippen molar-refractivity contribution in [3.63, 3.8) is 0 Å². The number of hydrogen-bond acceptors (Lipinski definition) is 5. The van der Waals surface area contributed by atoms with Crippen LogP contribution in [0.3, 0.4) is 0 Å². The van der Waals surface area contributed by atoms with E-state index >= 15 is 0 Å². The molecule has 104 valence electrons. The standard InChI is InChI=1S/C14H21N3O2/c1-19-14(18)12-9-15-10-13(17-12)16-8-7-11-5-3-2-4-6-11/h9-11H,2-8H2,1H3,(H,16,17). The van der Waals surface area contributed by atoms with Crippen LogP contribution >= 0.6 is 0 Å². The zero-order chi connectivity index (χ0) is 13.5. The predicted molar refractivity (Wildman–Crippen MR) is 73.1 cm³/mol. The normalized spacial score (nSPS) is 16.1. The number of esters is 1. The lowest BCUT2D eigenvalue weighted by molar-refractivity contribution is 0.0593. The molecule has 0 bridgehead atoms. The molecule has 2 rings (SSSR count). The smallest absolute Gasteiger partial charge is 0.358 e. The summed E-state index contributed by atoms with van der Waals surface area (Å²) >= 11 is 0. The van der Waals surface area contributed by atoms with Gasteiger partial charge in [0.15, 0.2) is 5.69 Å². The first-order valence-corrected chi connectivity index (χ1v) is 6.94. The van der Waals surface area contributed by atoms with Crippen LogP contribution in [-0.4, -0.2) is 29.6 Å². The number of methoxy groups -OCH3 is 1. The monoisotopic (exact) mass is 263 g/mol. The second-order valence-electron chi connectivity index (χ2n) is 5.00. The second kappa shape index (κ2) is 7.07. The number of carbonyl (C=O) groups is 1. The number of hydrogen-bond donors (Lipinski definition) is 1. The SMILES string of the molecule is COC(=O)c1cncc(NCCC2CCCCC2)n1. The number of ether oxygens (including phenoxy) is 1. The fraction of sp³-hybridized carbons (Fsp3) is 0.643. The summed E-state index contributed by atoms with van der Waals surface area (Å²) in [6.45, 7) is 0.879. The number of nitrogens with zero attached hydrogens (tertiary/aromatic N) is 2. The first-order chi connectivity index (χ1) is 9.29. The summed E-state index contributed by atoms with van der Waals surface area (Å²) in [6.07, 6.45) is 11.0. The van der Waals surface area contributed by atoms with E-state index in [9.17, 15) is 4.79 Å². The van der Waals surface area contributed by atoms with Gasteiger partial charge in [0.2, 0.25) is 0 Å². The van der Waals surface area contributed by atoms with Crippen molar-refractivity contribution in [2.24, 2.45) is 5.92 Å². The molecule has 0 aliphatic heterocycles. The fourth-order valence-corrected chi connectivity index (χ4v) is 2.53. The minimum atomic E-state index is -0.455. The van der Waals surface area contributed by atoms with Crippen LogP contribution in [0.4, 0.5) is 5.82 Å². The third-order valence-electron chi connectivity index (χ3n) is 3.61. The highest BCUT2D eigenvalue weighted by atomic mass is 16.5. The van der Waals surface area contributed by atoms with E-state index in [1.807, 2.05) is 0 Å². The van der Waals surface area contributed by atoms with E-state index in [0.29, 0.717) is 5.82 Å².